The number of hydrogen-bond acceptors (Lipinski definition) is 31. The van der Waals surface area contributed by atoms with Crippen molar-refractivity contribution in [2.24, 2.45) is 0 Å². The Hall–Kier alpha value is -12.9. The number of carbonyl (C=O) groups is 3. The monoisotopic (exact) mass is 2030 g/mol. The van der Waals surface area contributed by atoms with Gasteiger partial charge < -0.3 is 92.4 Å². The number of para-hydroxylation sites is 1. The van der Waals surface area contributed by atoms with Crippen molar-refractivity contribution >= 4 is 91.9 Å². The van der Waals surface area contributed by atoms with Gasteiger partial charge >= 0.3 is 0 Å². The number of piperazine rings is 1. The highest BCUT2D eigenvalue weighted by Crippen LogP contribution is 2.44. The number of pyridine rings is 2. The van der Waals surface area contributed by atoms with E-state index < -0.39 is 70.2 Å². The average molecular weight is 2030 g/mol. The first-order valence-electron chi connectivity index (χ1n) is 46.3. The smallest absolute Gasteiger partial charge is 0.257 e. The summed E-state index contributed by atoms with van der Waals surface area (Å²) in [5.41, 5.74) is 13.8. The summed E-state index contributed by atoms with van der Waals surface area (Å²) in [6.45, 7) is 13.3. The van der Waals surface area contributed by atoms with Crippen molar-refractivity contribution < 1.29 is 105 Å². The molecule has 5 N–H and O–H groups in total. The van der Waals surface area contributed by atoms with Gasteiger partial charge in [0.05, 0.1) is 50.9 Å². The highest BCUT2D eigenvalue weighted by molar-refractivity contribution is 7.90. The molecule has 0 radical (unpaired) electrons. The van der Waals surface area contributed by atoms with E-state index in [4.69, 9.17) is 53.6 Å². The number of rotatable bonds is 20. The third kappa shape index (κ3) is 19.6. The van der Waals surface area contributed by atoms with Gasteiger partial charge in [-0.05, 0) is 165 Å². The third-order valence-electron chi connectivity index (χ3n) is 26.8. The molecule has 3 unspecified atom stereocenters. The zero-order valence-electron chi connectivity index (χ0n) is 77.6. The second-order valence-corrected chi connectivity index (χ2v) is 44.1. The lowest BCUT2D eigenvalue weighted by Gasteiger charge is -2.30. The molecular formula is C99H102ClN15O23S4. The molecule has 142 heavy (non-hydrogen) atoms. The van der Waals surface area contributed by atoms with Crippen LogP contribution in [0, 0.1) is 6.92 Å². The van der Waals surface area contributed by atoms with Gasteiger partial charge in [-0.1, -0.05) is 54.1 Å². The minimum Gasteiger partial charge on any atom is -0.490 e. The van der Waals surface area contributed by atoms with Crippen LogP contribution in [0.15, 0.2) is 244 Å². The number of aliphatic hydroxyl groups excluding tert-OH is 3. The molecule has 742 valence electrons. The molecule has 1 fully saturated rings. The summed E-state index contributed by atoms with van der Waals surface area (Å²) in [6.07, 6.45) is 2.37. The Balaban J connectivity index is 0.000000116. The van der Waals surface area contributed by atoms with E-state index in [0.717, 1.165) is 106 Å². The predicted molar refractivity (Wildman–Crippen MR) is 517 cm³/mol. The number of aryl methyl sites for hydroxylation is 1. The number of sulfonamides is 4. The number of benzene rings is 7. The molecule has 38 nitrogen and oxygen atoms in total. The third-order valence-corrected chi connectivity index (χ3v) is 34.2. The highest BCUT2D eigenvalue weighted by atomic mass is 35.5. The number of amides is 3. The van der Waals surface area contributed by atoms with Crippen LogP contribution in [0.4, 0.5) is 11.4 Å². The van der Waals surface area contributed by atoms with E-state index in [9.17, 15) is 63.4 Å². The molecule has 4 atom stereocenters. The standard InChI is InChI=1S/C27H27N5O4S.C25H27N3O7S.C24H26ClN3O5S.C23H22N4O7S/c33-26(20-2-1-3-23(14-20)31-11-8-28-9-12-31)25-15-21-17-32(18-22(21)16-30-25)37(34,35)24-6-4-19(5-7-24)27-29-10-13-36-27;1-26-6-7-33-21-4-2-16(10-20(21)26)24(29)25(30)27-12-17-14-28(15-18(17)13-27)36(31,32)19-3-5-22-23(11-19)35-9-8-34-22;1-26-11-21(16-3-2-4-19(25)9-16)24(29)27-12-17-14-28(15-18(17)13-27)34(30,31)20-5-6-22-23(10-20)33-8-7-32-22;1-13-25-20-17(3-2-4-18(20)34-13)21(28)23(29)26-9-14-11-27(12-15(14)10-26)35(30,31)16-7-19-22(24-8-16)33-6-5-32-19/h1-7,10,13-16,26,28,33H,8-9,11-12,17-18H2;2-5,10-11,24,29H,6-9,12-15H2,1H3;2-6,9-10,21,26H,7-8,11-15H2,1H3;2-4,7-8,21,28H,5-6,9-12H2,1H3/t;;21-;/m..0./s1. The normalized spacial score (nSPS) is 18.7. The number of aromatic nitrogens is 4. The van der Waals surface area contributed by atoms with E-state index in [-0.39, 0.29) is 103 Å². The zero-order chi connectivity index (χ0) is 98.6. The average Bonchev–Trinajstić information content (AvgIpc) is 1.64. The molecule has 7 aromatic carbocycles. The van der Waals surface area contributed by atoms with Crippen LogP contribution in [0.25, 0.3) is 22.6 Å². The molecule has 11 aromatic rings. The molecule has 16 heterocycles. The molecule has 12 aliphatic rings. The van der Waals surface area contributed by atoms with E-state index in [1.54, 1.807) is 109 Å². The molecule has 23 rings (SSSR count). The van der Waals surface area contributed by atoms with Crippen LogP contribution in [0.2, 0.25) is 5.02 Å². The summed E-state index contributed by atoms with van der Waals surface area (Å²) in [5, 5.41) is 39.8. The van der Waals surface area contributed by atoms with Crippen LogP contribution < -0.4 is 53.6 Å². The summed E-state index contributed by atoms with van der Waals surface area (Å²) in [7, 11) is -11.2. The van der Waals surface area contributed by atoms with Gasteiger partial charge in [0.1, 0.15) is 74.8 Å². The summed E-state index contributed by atoms with van der Waals surface area (Å²) < 4.78 is 161. The minimum atomic E-state index is -3.81. The Labute approximate surface area is 824 Å². The zero-order valence-corrected chi connectivity index (χ0v) is 81.6. The van der Waals surface area contributed by atoms with Gasteiger partial charge in [0.25, 0.3) is 17.7 Å². The largest absolute Gasteiger partial charge is 0.490 e. The number of fused-ring (bicyclic) bond motifs is 6. The van der Waals surface area contributed by atoms with Crippen molar-refractivity contribution in [3.8, 4) is 51.8 Å². The number of ether oxygens (including phenoxy) is 7. The maximum atomic E-state index is 13.4. The lowest BCUT2D eigenvalue weighted by molar-refractivity contribution is -0.139. The van der Waals surface area contributed by atoms with Gasteiger partial charge in [0.15, 0.2) is 52.4 Å². The van der Waals surface area contributed by atoms with Crippen LogP contribution >= 0.6 is 11.6 Å². The fraction of sp³-hybridized carbons (Fsp3) is 0.343. The first kappa shape index (κ1) is 96.6. The molecule has 0 aliphatic carbocycles. The van der Waals surface area contributed by atoms with Gasteiger partial charge in [0.2, 0.25) is 51.9 Å². The van der Waals surface area contributed by atoms with Crippen LogP contribution in [-0.4, -0.2) is 297 Å². The predicted octanol–water partition coefficient (Wildman–Crippen LogP) is 7.53. The molecule has 12 aliphatic heterocycles. The summed E-state index contributed by atoms with van der Waals surface area (Å²) >= 11 is 6.15. The van der Waals surface area contributed by atoms with Crippen LogP contribution in [0.1, 0.15) is 69.2 Å². The molecule has 0 bridgehead atoms. The van der Waals surface area contributed by atoms with Gasteiger partial charge in [0, 0.05) is 185 Å². The SMILES string of the molecule is CN1CCOc2ccc(C(O)C(=O)N3CC4=C(C3)CN(S(=O)(=O)c3ccc5c(c3)OCCO5)C4)cc21.CNC[C@H](C(=O)N1CC2=C(C1)CN(S(=O)(=O)c1ccc3c(c1)OCCO3)C2)c1cccc(Cl)c1.Cc1nc2c(C(O)C(=O)N3CC4=C(C3)CN(S(=O)(=O)c3cnc5c(c3)OCCO5)C4)cccc2o1.O=S(=O)(c1ccc(-c2ncco2)cc1)N1Cc2cnc(C(O)c3cccc(N4CCNCC4)c3)cc2C1. The molecule has 43 heteroatoms. The lowest BCUT2D eigenvalue weighted by Crippen LogP contribution is -2.43. The summed E-state index contributed by atoms with van der Waals surface area (Å²) in [6, 6.07) is 44.7. The van der Waals surface area contributed by atoms with E-state index >= 15 is 0 Å². The maximum Gasteiger partial charge on any atom is 0.257 e. The number of anilines is 2. The number of likely N-dealkylation sites (N-methyl/N-ethyl adjacent to an activating group) is 2. The fourth-order valence-corrected chi connectivity index (χ4v) is 25.2. The number of carbonyl (C=O) groups excluding carboxylic acids is 3. The van der Waals surface area contributed by atoms with E-state index in [0.29, 0.717) is 158 Å². The highest BCUT2D eigenvalue weighted by Gasteiger charge is 2.45. The molecule has 4 aromatic heterocycles. The van der Waals surface area contributed by atoms with Gasteiger partial charge in [-0.3, -0.25) is 19.4 Å². The van der Waals surface area contributed by atoms with Crippen molar-refractivity contribution in [1.82, 2.24) is 62.5 Å². The van der Waals surface area contributed by atoms with Crippen molar-refractivity contribution in [2.75, 3.05) is 188 Å². The van der Waals surface area contributed by atoms with Crippen LogP contribution in [0.5, 0.6) is 40.4 Å². The van der Waals surface area contributed by atoms with E-state index in [1.165, 1.54) is 58.8 Å². The number of aliphatic hydroxyl groups is 3. The van der Waals surface area contributed by atoms with E-state index in [2.05, 4.69) is 41.5 Å². The van der Waals surface area contributed by atoms with Crippen molar-refractivity contribution in [1.29, 1.82) is 0 Å². The minimum absolute atomic E-state index is 0.00672. The fourth-order valence-electron chi connectivity index (χ4n) is 19.3. The Morgan fingerprint density at radius 2 is 0.979 bits per heavy atom. The van der Waals surface area contributed by atoms with Crippen LogP contribution in [-0.2, 0) is 67.6 Å². The quantitative estimate of drug-likeness (QED) is 0.0460. The second kappa shape index (κ2) is 40.1. The molecule has 1 saturated heterocycles. The Bertz CT molecular complexity index is 7300. The molecule has 0 saturated carbocycles. The summed E-state index contributed by atoms with van der Waals surface area (Å²) in [5.74, 6) is 2.95. The molecular weight excluding hydrogens is 1930 g/mol. The van der Waals surface area contributed by atoms with Gasteiger partial charge in [-0.25, -0.2) is 48.6 Å². The Kier molecular flexibility index (Phi) is 27.3. The number of nitrogens with one attached hydrogen (secondary N) is 2. The maximum absolute atomic E-state index is 13.4. The van der Waals surface area contributed by atoms with Gasteiger partial charge in [-0.15, -0.1) is 0 Å². The van der Waals surface area contributed by atoms with Crippen molar-refractivity contribution in [3.63, 3.8) is 0 Å². The van der Waals surface area contributed by atoms with Crippen molar-refractivity contribution in [3.05, 3.63) is 266 Å². The van der Waals surface area contributed by atoms with Crippen molar-refractivity contribution in [2.45, 2.75) is 63.8 Å². The number of oxazole rings is 2. The lowest BCUT2D eigenvalue weighted by atomic mass is 9.97. The number of nitrogens with zero attached hydrogens (tertiary/aromatic N) is 13. The molecule has 3 amide bonds. The Morgan fingerprint density at radius 1 is 0.465 bits per heavy atom. The number of halogens is 1. The topological polar surface area (TPSA) is 444 Å². The first-order chi connectivity index (χ1) is 68.5. The van der Waals surface area contributed by atoms with E-state index in [1.807, 2.05) is 66.4 Å². The number of hydrogen-bond donors (Lipinski definition) is 5. The Morgan fingerprint density at radius 3 is 1.58 bits per heavy atom. The first-order valence-corrected chi connectivity index (χ1v) is 52.4. The summed E-state index contributed by atoms with van der Waals surface area (Å²) in [4.78, 5) is 66.3. The van der Waals surface area contributed by atoms with Crippen LogP contribution in [0.3, 0.4) is 0 Å². The molecule has 0 spiro atoms. The second-order valence-electron chi connectivity index (χ2n) is 35.9. The van der Waals surface area contributed by atoms with Gasteiger partial charge in [-0.2, -0.15) is 17.2 Å².